The third kappa shape index (κ3) is 2.70. The average Bonchev–Trinajstić information content (AvgIpc) is 2.30. The van der Waals surface area contributed by atoms with E-state index in [1.54, 1.807) is 0 Å². The first kappa shape index (κ1) is 12.5. The van der Waals surface area contributed by atoms with Gasteiger partial charge in [0.15, 0.2) is 0 Å². The molecule has 1 nitrogen and oxygen atoms in total. The molecule has 0 saturated carbocycles. The zero-order valence-corrected chi connectivity index (χ0v) is 12.3. The minimum Gasteiger partial charge on any atom is -0.421 e. The fraction of sp³-hybridized carbons (Fsp3) is 0.538. The number of aryl methyl sites for hydroxylation is 1. The molecule has 15 heavy (non-hydrogen) atoms. The fourth-order valence-electron chi connectivity index (χ4n) is 2.23. The summed E-state index contributed by atoms with van der Waals surface area (Å²) in [7, 11) is 0.817. The minimum absolute atomic E-state index is 0.318. The molecule has 0 amide bonds. The number of hydrogen-bond acceptors (Lipinski definition) is 1. The number of rotatable bonds is 5. The molecule has 84 valence electrons. The molecular weight excluding hydrogens is 200 g/mol. The molecular formula is C13H22OSi. The summed E-state index contributed by atoms with van der Waals surface area (Å²) in [6, 6.07) is 6.63. The smallest absolute Gasteiger partial charge is 0.146 e. The van der Waals surface area contributed by atoms with Crippen LogP contribution in [0.2, 0.25) is 0 Å². The van der Waals surface area contributed by atoms with Gasteiger partial charge in [0.05, 0.1) is 6.10 Å². The van der Waals surface area contributed by atoms with Crippen molar-refractivity contribution in [3.05, 3.63) is 34.9 Å². The van der Waals surface area contributed by atoms with E-state index in [0.717, 1.165) is 29.7 Å². The van der Waals surface area contributed by atoms with E-state index in [2.05, 4.69) is 39.0 Å². The summed E-state index contributed by atoms with van der Waals surface area (Å²) < 4.78 is 5.67. The van der Waals surface area contributed by atoms with Crippen molar-refractivity contribution in [1.82, 2.24) is 0 Å². The second kappa shape index (κ2) is 6.08. The largest absolute Gasteiger partial charge is 0.421 e. The number of benzene rings is 1. The lowest BCUT2D eigenvalue weighted by atomic mass is 9.93. The monoisotopic (exact) mass is 222 g/mol. The normalized spacial score (nSPS) is 13.0. The van der Waals surface area contributed by atoms with Gasteiger partial charge in [0, 0.05) is 0 Å². The van der Waals surface area contributed by atoms with Crippen molar-refractivity contribution in [3.8, 4) is 0 Å². The molecule has 0 radical (unpaired) electrons. The van der Waals surface area contributed by atoms with E-state index in [9.17, 15) is 0 Å². The quantitative estimate of drug-likeness (QED) is 0.696. The topological polar surface area (TPSA) is 9.23 Å². The first-order valence-electron chi connectivity index (χ1n) is 5.91. The summed E-state index contributed by atoms with van der Waals surface area (Å²) >= 11 is 0. The van der Waals surface area contributed by atoms with Gasteiger partial charge in [-0.2, -0.15) is 0 Å². The van der Waals surface area contributed by atoms with Crippen LogP contribution in [0.3, 0.4) is 0 Å². The van der Waals surface area contributed by atoms with Crippen LogP contribution in [0.25, 0.3) is 0 Å². The summed E-state index contributed by atoms with van der Waals surface area (Å²) in [4.78, 5) is 0. The Morgan fingerprint density at radius 2 is 1.93 bits per heavy atom. The van der Waals surface area contributed by atoms with Crippen molar-refractivity contribution in [2.45, 2.75) is 46.1 Å². The second-order valence-electron chi connectivity index (χ2n) is 3.82. The maximum Gasteiger partial charge on any atom is 0.146 e. The highest BCUT2D eigenvalue weighted by Gasteiger charge is 2.13. The van der Waals surface area contributed by atoms with Gasteiger partial charge in [-0.15, -0.1) is 0 Å². The summed E-state index contributed by atoms with van der Waals surface area (Å²) in [5, 5.41) is 0. The summed E-state index contributed by atoms with van der Waals surface area (Å²) in [5.74, 6) is 0. The van der Waals surface area contributed by atoms with Crippen LogP contribution in [0.1, 0.15) is 50.0 Å². The molecule has 0 saturated heterocycles. The van der Waals surface area contributed by atoms with Crippen molar-refractivity contribution < 1.29 is 4.43 Å². The van der Waals surface area contributed by atoms with Crippen molar-refractivity contribution in [2.75, 3.05) is 0 Å². The van der Waals surface area contributed by atoms with Crippen LogP contribution in [0.15, 0.2) is 18.2 Å². The van der Waals surface area contributed by atoms with Crippen molar-refractivity contribution in [1.29, 1.82) is 0 Å². The molecule has 2 heteroatoms. The van der Waals surface area contributed by atoms with Crippen LogP contribution in [0, 0.1) is 0 Å². The highest BCUT2D eigenvalue weighted by molar-refractivity contribution is 5.98. The zero-order valence-electron chi connectivity index (χ0n) is 10.3. The Hall–Kier alpha value is -0.603. The molecule has 0 heterocycles. The Morgan fingerprint density at radius 1 is 1.20 bits per heavy atom. The molecule has 0 aromatic heterocycles. The third-order valence-corrected chi connectivity index (χ3v) is 3.61. The standard InChI is InChI=1S/C13H22OSi/c1-4-10-8-7-9-12(11(10)5-2)13(6-3)14-15/h7-9,13H,4-6H2,1-3,15H3. The van der Waals surface area contributed by atoms with E-state index in [1.165, 1.54) is 16.7 Å². The predicted molar refractivity (Wildman–Crippen MR) is 69.3 cm³/mol. The van der Waals surface area contributed by atoms with Crippen LogP contribution in [-0.4, -0.2) is 10.5 Å². The molecule has 0 N–H and O–H groups in total. The van der Waals surface area contributed by atoms with Gasteiger partial charge in [0.25, 0.3) is 0 Å². The summed E-state index contributed by atoms with van der Waals surface area (Å²) in [5.41, 5.74) is 4.39. The first-order chi connectivity index (χ1) is 7.28. The van der Waals surface area contributed by atoms with Crippen LogP contribution >= 0.6 is 0 Å². The molecule has 1 aromatic carbocycles. The Bertz CT molecular complexity index is 305. The van der Waals surface area contributed by atoms with Gasteiger partial charge in [-0.1, -0.05) is 39.0 Å². The Morgan fingerprint density at radius 3 is 2.40 bits per heavy atom. The second-order valence-corrected chi connectivity index (χ2v) is 4.30. The van der Waals surface area contributed by atoms with Gasteiger partial charge in [-0.25, -0.2) is 0 Å². The van der Waals surface area contributed by atoms with Gasteiger partial charge >= 0.3 is 0 Å². The highest BCUT2D eigenvalue weighted by Crippen LogP contribution is 2.26. The Kier molecular flexibility index (Phi) is 5.06. The fourth-order valence-corrected chi connectivity index (χ4v) is 2.82. The van der Waals surface area contributed by atoms with Crippen molar-refractivity contribution in [3.63, 3.8) is 0 Å². The van der Waals surface area contributed by atoms with Crippen molar-refractivity contribution in [2.24, 2.45) is 0 Å². The van der Waals surface area contributed by atoms with Gasteiger partial charge in [0.2, 0.25) is 0 Å². The minimum atomic E-state index is 0.318. The van der Waals surface area contributed by atoms with E-state index < -0.39 is 0 Å². The molecule has 0 aliphatic heterocycles. The maximum absolute atomic E-state index is 5.67. The van der Waals surface area contributed by atoms with E-state index in [0.29, 0.717) is 6.10 Å². The lowest BCUT2D eigenvalue weighted by Crippen LogP contribution is -2.06. The molecule has 0 fully saturated rings. The molecule has 1 atom stereocenters. The average molecular weight is 222 g/mol. The first-order valence-corrected chi connectivity index (χ1v) is 6.73. The Balaban J connectivity index is 3.15. The van der Waals surface area contributed by atoms with Gasteiger partial charge < -0.3 is 4.43 Å². The van der Waals surface area contributed by atoms with Gasteiger partial charge in [-0.3, -0.25) is 0 Å². The molecule has 1 unspecified atom stereocenters. The van der Waals surface area contributed by atoms with Crippen LogP contribution < -0.4 is 0 Å². The van der Waals surface area contributed by atoms with Crippen LogP contribution in [0.5, 0.6) is 0 Å². The van der Waals surface area contributed by atoms with E-state index in [1.807, 2.05) is 0 Å². The lowest BCUT2D eigenvalue weighted by Gasteiger charge is -2.20. The molecule has 1 rings (SSSR count). The number of hydrogen-bond donors (Lipinski definition) is 0. The molecule has 1 aromatic rings. The van der Waals surface area contributed by atoms with E-state index >= 15 is 0 Å². The lowest BCUT2D eigenvalue weighted by molar-refractivity contribution is 0.221. The summed E-state index contributed by atoms with van der Waals surface area (Å²) in [6.07, 6.45) is 3.62. The van der Waals surface area contributed by atoms with E-state index in [4.69, 9.17) is 4.43 Å². The molecule has 0 spiro atoms. The Labute approximate surface area is 96.4 Å². The molecule has 0 bridgehead atoms. The molecule has 0 aliphatic rings. The predicted octanol–water partition coefficient (Wildman–Crippen LogP) is 2.56. The SMILES string of the molecule is CCc1cccc(C(CC)O[SiH3])c1CC. The summed E-state index contributed by atoms with van der Waals surface area (Å²) in [6.45, 7) is 6.65. The van der Waals surface area contributed by atoms with Gasteiger partial charge in [0.1, 0.15) is 10.5 Å². The van der Waals surface area contributed by atoms with Crippen LogP contribution in [0.4, 0.5) is 0 Å². The van der Waals surface area contributed by atoms with Gasteiger partial charge in [-0.05, 0) is 36.0 Å². The van der Waals surface area contributed by atoms with E-state index in [-0.39, 0.29) is 0 Å². The zero-order chi connectivity index (χ0) is 11.3. The maximum atomic E-state index is 5.67. The molecule has 0 aliphatic carbocycles. The van der Waals surface area contributed by atoms with Crippen molar-refractivity contribution >= 4 is 10.5 Å². The van der Waals surface area contributed by atoms with Crippen LogP contribution in [-0.2, 0) is 17.3 Å². The highest BCUT2D eigenvalue weighted by atomic mass is 28.2. The third-order valence-electron chi connectivity index (χ3n) is 3.05.